The van der Waals surface area contributed by atoms with Gasteiger partial charge < -0.3 is 14.6 Å². The molecule has 2 N–H and O–H groups in total. The van der Waals surface area contributed by atoms with Gasteiger partial charge in [-0.1, -0.05) is 6.07 Å². The zero-order chi connectivity index (χ0) is 23.5. The third-order valence-corrected chi connectivity index (χ3v) is 8.35. The number of aromatic carboxylic acids is 1. The second-order valence-electron chi connectivity index (χ2n) is 6.51. The van der Waals surface area contributed by atoms with E-state index >= 15 is 0 Å². The van der Waals surface area contributed by atoms with Crippen molar-refractivity contribution < 1.29 is 24.3 Å². The maximum Gasteiger partial charge on any atom is 0.336 e. The van der Waals surface area contributed by atoms with Crippen molar-refractivity contribution in [1.82, 2.24) is 0 Å². The predicted molar refractivity (Wildman–Crippen MR) is 151 cm³/mol. The minimum absolute atomic E-state index is 0.0448. The first-order chi connectivity index (χ1) is 15.0. The summed E-state index contributed by atoms with van der Waals surface area (Å²) in [5.74, 6) is -1.22. The molecule has 162 valence electrons. The molecule has 0 radical (unpaired) electrons. The number of hydrogen-bond donors (Lipinski definition) is 2. The average Bonchev–Trinajstić information content (AvgIpc) is 2.74. The van der Waals surface area contributed by atoms with Gasteiger partial charge in [0.25, 0.3) is 5.69 Å². The van der Waals surface area contributed by atoms with Gasteiger partial charge in [0.05, 0.1) is 26.8 Å². The van der Waals surface area contributed by atoms with E-state index in [1.54, 1.807) is 6.07 Å². The molecule has 2 aliphatic rings. The van der Waals surface area contributed by atoms with Gasteiger partial charge in [-0.15, -0.1) is 0 Å². The fraction of sp³-hybridized carbons (Fsp3) is 0. The molecular weight excluding hydrogens is 874 g/mol. The Kier molecular flexibility index (Phi) is 6.58. The van der Waals surface area contributed by atoms with E-state index < -0.39 is 16.6 Å². The standard InChI is InChI=1S/C20H7I4NO7/c21-9-4-7-12(13-6(20(28)29)2-1-3-11(13)25(30)31)8-5-10(22)17(27)15(24)19(8)32-18(7)14(23)16(9)26/h1-5,26H,(H,28,29). The molecule has 2 aromatic carbocycles. The van der Waals surface area contributed by atoms with Crippen LogP contribution < -0.4 is 5.43 Å². The maximum atomic E-state index is 12.6. The maximum absolute atomic E-state index is 12.6. The van der Waals surface area contributed by atoms with Crippen LogP contribution in [0.4, 0.5) is 5.69 Å². The van der Waals surface area contributed by atoms with Crippen LogP contribution in [0.5, 0.6) is 5.75 Å². The highest BCUT2D eigenvalue weighted by atomic mass is 127. The Morgan fingerprint density at radius 3 is 2.34 bits per heavy atom. The molecule has 4 rings (SSSR count). The van der Waals surface area contributed by atoms with Crippen LogP contribution in [-0.4, -0.2) is 21.1 Å². The van der Waals surface area contributed by atoms with E-state index in [9.17, 15) is 29.9 Å². The van der Waals surface area contributed by atoms with Gasteiger partial charge in [-0.2, -0.15) is 0 Å². The van der Waals surface area contributed by atoms with Crippen LogP contribution in [-0.2, 0) is 0 Å². The summed E-state index contributed by atoms with van der Waals surface area (Å²) in [6.45, 7) is 0. The van der Waals surface area contributed by atoms with Crippen LogP contribution in [0.3, 0.4) is 0 Å². The lowest BCUT2D eigenvalue weighted by molar-refractivity contribution is -0.384. The van der Waals surface area contributed by atoms with Gasteiger partial charge in [-0.05, 0) is 109 Å². The van der Waals surface area contributed by atoms with E-state index in [1.165, 1.54) is 24.3 Å². The molecule has 1 aliphatic carbocycles. The van der Waals surface area contributed by atoms with Gasteiger partial charge in [0.1, 0.15) is 9.32 Å². The van der Waals surface area contributed by atoms with Crippen LogP contribution in [0.25, 0.3) is 33.4 Å². The van der Waals surface area contributed by atoms with E-state index in [0.717, 1.165) is 0 Å². The van der Waals surface area contributed by atoms with Crippen LogP contribution in [0.1, 0.15) is 10.4 Å². The zero-order valence-electron chi connectivity index (χ0n) is 15.3. The second-order valence-corrected chi connectivity index (χ2v) is 11.0. The van der Waals surface area contributed by atoms with Crippen molar-refractivity contribution in [2.75, 3.05) is 0 Å². The van der Waals surface area contributed by atoms with Gasteiger partial charge in [-0.3, -0.25) is 14.9 Å². The molecule has 0 atom stereocenters. The third-order valence-electron chi connectivity index (χ3n) is 4.74. The number of carboxylic acids is 1. The molecule has 8 nitrogen and oxygen atoms in total. The number of nitro benzene ring substituents is 1. The lowest BCUT2D eigenvalue weighted by Crippen LogP contribution is -2.13. The Morgan fingerprint density at radius 2 is 1.72 bits per heavy atom. The Morgan fingerprint density at radius 1 is 1.03 bits per heavy atom. The van der Waals surface area contributed by atoms with Gasteiger partial charge in [-0.25, -0.2) is 4.79 Å². The van der Waals surface area contributed by atoms with Crippen molar-refractivity contribution in [2.24, 2.45) is 0 Å². The fourth-order valence-electron chi connectivity index (χ4n) is 3.40. The summed E-state index contributed by atoms with van der Waals surface area (Å²) in [7, 11) is 0. The van der Waals surface area contributed by atoms with E-state index in [4.69, 9.17) is 4.42 Å². The van der Waals surface area contributed by atoms with E-state index in [-0.39, 0.29) is 42.8 Å². The van der Waals surface area contributed by atoms with Crippen molar-refractivity contribution in [3.8, 4) is 28.2 Å². The summed E-state index contributed by atoms with van der Waals surface area (Å²) in [5, 5.41) is 32.6. The molecule has 0 unspecified atom stereocenters. The SMILES string of the molecule is O=C(O)c1cccc([N+](=O)[O-])c1-c1c2cc(I)c(=O)c(I)c-2oc2c(I)c(O)c(I)cc12. The number of aromatic hydroxyl groups is 1. The van der Waals surface area contributed by atoms with Gasteiger partial charge >= 0.3 is 5.97 Å². The fourth-order valence-corrected chi connectivity index (χ4v) is 6.97. The lowest BCUT2D eigenvalue weighted by Gasteiger charge is -2.19. The molecule has 0 spiro atoms. The molecule has 2 aromatic rings. The molecule has 0 saturated heterocycles. The highest BCUT2D eigenvalue weighted by molar-refractivity contribution is 14.1. The summed E-state index contributed by atoms with van der Waals surface area (Å²) in [5.41, 5.74) is -0.233. The van der Waals surface area contributed by atoms with E-state index in [2.05, 4.69) is 0 Å². The molecule has 32 heavy (non-hydrogen) atoms. The normalized spacial score (nSPS) is 11.2. The molecule has 0 fully saturated rings. The third kappa shape index (κ3) is 3.75. The number of fused-ring (bicyclic) bond motifs is 2. The van der Waals surface area contributed by atoms with Crippen molar-refractivity contribution >= 4 is 113 Å². The van der Waals surface area contributed by atoms with Crippen molar-refractivity contribution in [1.29, 1.82) is 0 Å². The Labute approximate surface area is 233 Å². The van der Waals surface area contributed by atoms with Crippen LogP contribution in [0, 0.1) is 24.4 Å². The first kappa shape index (κ1) is 23.9. The van der Waals surface area contributed by atoms with Crippen LogP contribution >= 0.6 is 90.4 Å². The number of phenolic OH excluding ortho intramolecular Hbond substituents is 1. The molecule has 1 aliphatic heterocycles. The summed E-state index contributed by atoms with van der Waals surface area (Å²) in [6, 6.07) is 6.95. The monoisotopic (exact) mass is 881 g/mol. The number of carboxylic acid groups (broad SMARTS) is 1. The number of nitro groups is 1. The minimum atomic E-state index is -1.33. The number of halogens is 4. The van der Waals surface area contributed by atoms with Gasteiger partial charge in [0.15, 0.2) is 11.3 Å². The van der Waals surface area contributed by atoms with Crippen LogP contribution in [0.2, 0.25) is 0 Å². The highest BCUT2D eigenvalue weighted by Gasteiger charge is 2.31. The summed E-state index contributed by atoms with van der Waals surface area (Å²) >= 11 is 7.52. The largest absolute Gasteiger partial charge is 0.506 e. The second kappa shape index (κ2) is 8.82. The topological polar surface area (TPSA) is 131 Å². The van der Waals surface area contributed by atoms with Crippen molar-refractivity contribution in [3.05, 3.63) is 70.5 Å². The number of benzene rings is 3. The van der Waals surface area contributed by atoms with E-state index in [0.29, 0.717) is 21.7 Å². The quantitative estimate of drug-likeness (QED) is 0.107. The molecule has 12 heteroatoms. The van der Waals surface area contributed by atoms with Gasteiger partial charge in [0.2, 0.25) is 5.43 Å². The zero-order valence-corrected chi connectivity index (χ0v) is 23.9. The van der Waals surface area contributed by atoms with Crippen molar-refractivity contribution in [2.45, 2.75) is 0 Å². The smallest absolute Gasteiger partial charge is 0.336 e. The van der Waals surface area contributed by atoms with Crippen LogP contribution in [0.15, 0.2) is 39.5 Å². The number of nitrogens with zero attached hydrogens (tertiary/aromatic N) is 1. The number of phenols is 1. The average molecular weight is 881 g/mol. The Bertz CT molecular complexity index is 1480. The van der Waals surface area contributed by atoms with Crippen molar-refractivity contribution in [3.63, 3.8) is 0 Å². The Balaban J connectivity index is 2.40. The molecule has 0 aromatic heterocycles. The number of hydrogen-bond acceptors (Lipinski definition) is 6. The molecule has 0 bridgehead atoms. The van der Waals surface area contributed by atoms with Gasteiger partial charge in [0, 0.05) is 22.6 Å². The van der Waals surface area contributed by atoms with E-state index in [1.807, 2.05) is 90.4 Å². The molecule has 0 saturated carbocycles. The number of carbonyl (C=O) groups is 1. The summed E-state index contributed by atoms with van der Waals surface area (Å²) in [6.07, 6.45) is 0. The predicted octanol–water partition coefficient (Wildman–Crippen LogP) is 6.30. The number of rotatable bonds is 3. The first-order valence-electron chi connectivity index (χ1n) is 8.51. The lowest BCUT2D eigenvalue weighted by atomic mass is 9.89. The molecular formula is C20H7I4NO7. The molecule has 0 amide bonds. The Hall–Kier alpha value is -1.28. The summed E-state index contributed by atoms with van der Waals surface area (Å²) < 4.78 is 7.44. The summed E-state index contributed by atoms with van der Waals surface area (Å²) in [4.78, 5) is 35.9. The first-order valence-corrected chi connectivity index (χ1v) is 12.8. The molecule has 1 heterocycles. The minimum Gasteiger partial charge on any atom is -0.506 e. The highest BCUT2D eigenvalue weighted by Crippen LogP contribution is 2.48.